The van der Waals surface area contributed by atoms with Gasteiger partial charge >= 0.3 is 0 Å². The van der Waals surface area contributed by atoms with Crippen molar-refractivity contribution in [2.45, 2.75) is 19.9 Å². The first kappa shape index (κ1) is 12.9. The van der Waals surface area contributed by atoms with Crippen molar-refractivity contribution < 1.29 is 0 Å². The van der Waals surface area contributed by atoms with Gasteiger partial charge in [0.05, 0.1) is 16.9 Å². The summed E-state index contributed by atoms with van der Waals surface area (Å²) < 4.78 is 1.96. The van der Waals surface area contributed by atoms with Crippen LogP contribution in [0.5, 0.6) is 0 Å². The number of halogens is 1. The Kier molecular flexibility index (Phi) is 3.32. The number of rotatable bonds is 3. The number of imidazole rings is 1. The molecule has 3 rings (SSSR count). The van der Waals surface area contributed by atoms with E-state index in [0.29, 0.717) is 10.8 Å². The van der Waals surface area contributed by atoms with Crippen molar-refractivity contribution in [3.63, 3.8) is 0 Å². The highest BCUT2D eigenvalue weighted by molar-refractivity contribution is 6.35. The summed E-state index contributed by atoms with van der Waals surface area (Å²) in [5, 5.41) is 1.60. The lowest BCUT2D eigenvalue weighted by atomic mass is 10.1. The van der Waals surface area contributed by atoms with Gasteiger partial charge in [0.25, 0.3) is 0 Å². The first-order valence-corrected chi connectivity index (χ1v) is 6.94. The molecule has 0 aliphatic rings. The van der Waals surface area contributed by atoms with Gasteiger partial charge in [-0.2, -0.15) is 0 Å². The Labute approximate surface area is 122 Å². The summed E-state index contributed by atoms with van der Waals surface area (Å²) in [7, 11) is 0. The highest BCUT2D eigenvalue weighted by atomic mass is 35.5. The van der Waals surface area contributed by atoms with Crippen LogP contribution < -0.4 is 5.73 Å². The summed E-state index contributed by atoms with van der Waals surface area (Å²) in [4.78, 5) is 8.86. The number of nitrogens with zero attached hydrogens (tertiary/aromatic N) is 3. The number of hydrogen-bond donors (Lipinski definition) is 1. The van der Waals surface area contributed by atoms with Crippen molar-refractivity contribution in [1.29, 1.82) is 0 Å². The number of aryl methyl sites for hydroxylation is 1. The lowest BCUT2D eigenvalue weighted by molar-refractivity contribution is 0.686. The van der Waals surface area contributed by atoms with E-state index < -0.39 is 0 Å². The van der Waals surface area contributed by atoms with Gasteiger partial charge in [-0.1, -0.05) is 18.5 Å². The van der Waals surface area contributed by atoms with Crippen LogP contribution in [0.3, 0.4) is 0 Å². The van der Waals surface area contributed by atoms with Crippen molar-refractivity contribution in [2.24, 2.45) is 0 Å². The Hall–Kier alpha value is -2.07. The second-order valence-corrected chi connectivity index (χ2v) is 5.07. The largest absolute Gasteiger partial charge is 0.383 e. The van der Waals surface area contributed by atoms with Crippen molar-refractivity contribution in [3.8, 4) is 11.3 Å². The number of pyridine rings is 1. The second kappa shape index (κ2) is 5.13. The van der Waals surface area contributed by atoms with E-state index in [-0.39, 0.29) is 0 Å². The Morgan fingerprint density at radius 2 is 2.10 bits per heavy atom. The molecule has 2 N–H and O–H groups in total. The van der Waals surface area contributed by atoms with Gasteiger partial charge in [0, 0.05) is 23.7 Å². The lowest BCUT2D eigenvalue weighted by Crippen LogP contribution is -2.01. The normalized spacial score (nSPS) is 11.1. The van der Waals surface area contributed by atoms with E-state index in [9.17, 15) is 0 Å². The quantitative estimate of drug-likeness (QED) is 0.798. The SMILES string of the molecule is CCCn1cnc(-c2ccc(Cl)c3cccnc23)c1N. The fraction of sp³-hybridized carbons (Fsp3) is 0.200. The lowest BCUT2D eigenvalue weighted by Gasteiger charge is -2.07. The highest BCUT2D eigenvalue weighted by Gasteiger charge is 2.14. The topological polar surface area (TPSA) is 56.7 Å². The smallest absolute Gasteiger partial charge is 0.131 e. The van der Waals surface area contributed by atoms with E-state index in [0.717, 1.165) is 35.1 Å². The third kappa shape index (κ3) is 2.02. The van der Waals surface area contributed by atoms with E-state index in [1.54, 1.807) is 12.5 Å². The van der Waals surface area contributed by atoms with Gasteiger partial charge in [-0.25, -0.2) is 4.98 Å². The molecule has 0 saturated carbocycles. The van der Waals surface area contributed by atoms with Gasteiger partial charge in [-0.15, -0.1) is 0 Å². The number of nitrogens with two attached hydrogens (primary N) is 1. The summed E-state index contributed by atoms with van der Waals surface area (Å²) in [5.74, 6) is 0.668. The molecule has 102 valence electrons. The molecule has 0 radical (unpaired) electrons. The molecule has 0 saturated heterocycles. The average Bonchev–Trinajstić information content (AvgIpc) is 2.82. The fourth-order valence-electron chi connectivity index (χ4n) is 2.35. The molecule has 0 fully saturated rings. The Morgan fingerprint density at radius 1 is 1.25 bits per heavy atom. The zero-order chi connectivity index (χ0) is 14.1. The number of aromatic nitrogens is 3. The maximum Gasteiger partial charge on any atom is 0.131 e. The molecule has 4 nitrogen and oxygen atoms in total. The summed E-state index contributed by atoms with van der Waals surface area (Å²) in [6.45, 7) is 2.97. The first-order chi connectivity index (χ1) is 9.72. The Balaban J connectivity index is 2.23. The summed E-state index contributed by atoms with van der Waals surface area (Å²) in [6, 6.07) is 7.61. The summed E-state index contributed by atoms with van der Waals surface area (Å²) >= 11 is 6.21. The molecule has 0 amide bonds. The fourth-order valence-corrected chi connectivity index (χ4v) is 2.56. The van der Waals surface area contributed by atoms with Gasteiger partial charge < -0.3 is 10.3 Å². The van der Waals surface area contributed by atoms with Crippen molar-refractivity contribution in [2.75, 3.05) is 5.73 Å². The van der Waals surface area contributed by atoms with Crippen LogP contribution in [0.25, 0.3) is 22.2 Å². The molecule has 0 spiro atoms. The molecule has 0 aliphatic carbocycles. The molecular formula is C15H15ClN4. The number of hydrogen-bond acceptors (Lipinski definition) is 3. The minimum Gasteiger partial charge on any atom is -0.383 e. The third-order valence-corrected chi connectivity index (χ3v) is 3.64. The van der Waals surface area contributed by atoms with Crippen LogP contribution in [0.2, 0.25) is 5.02 Å². The van der Waals surface area contributed by atoms with Crippen LogP contribution in [-0.2, 0) is 6.54 Å². The van der Waals surface area contributed by atoms with E-state index in [1.807, 2.05) is 28.8 Å². The molecule has 5 heteroatoms. The highest BCUT2D eigenvalue weighted by Crippen LogP contribution is 2.33. The predicted octanol–water partition coefficient (Wildman–Crippen LogP) is 3.74. The Bertz CT molecular complexity index is 764. The van der Waals surface area contributed by atoms with Gasteiger partial charge in [0.1, 0.15) is 11.5 Å². The van der Waals surface area contributed by atoms with Gasteiger partial charge in [0.2, 0.25) is 0 Å². The van der Waals surface area contributed by atoms with Crippen molar-refractivity contribution in [1.82, 2.24) is 14.5 Å². The monoisotopic (exact) mass is 286 g/mol. The van der Waals surface area contributed by atoms with Gasteiger partial charge in [0.15, 0.2) is 0 Å². The Morgan fingerprint density at radius 3 is 2.90 bits per heavy atom. The molecule has 1 aromatic carbocycles. The first-order valence-electron chi connectivity index (χ1n) is 6.56. The number of benzene rings is 1. The maximum atomic E-state index is 6.21. The summed E-state index contributed by atoms with van der Waals surface area (Å²) in [5.41, 5.74) is 8.69. The van der Waals surface area contributed by atoms with Gasteiger partial charge in [-0.3, -0.25) is 4.98 Å². The maximum absolute atomic E-state index is 6.21. The number of anilines is 1. The van der Waals surface area contributed by atoms with Crippen molar-refractivity contribution >= 4 is 28.3 Å². The molecule has 2 heterocycles. The number of nitrogen functional groups attached to an aromatic ring is 1. The van der Waals surface area contributed by atoms with Gasteiger partial charge in [-0.05, 0) is 30.7 Å². The van der Waals surface area contributed by atoms with Crippen LogP contribution in [0.15, 0.2) is 36.8 Å². The zero-order valence-corrected chi connectivity index (χ0v) is 11.9. The molecule has 0 aliphatic heterocycles. The third-order valence-electron chi connectivity index (χ3n) is 3.31. The summed E-state index contributed by atoms with van der Waals surface area (Å²) in [6.07, 6.45) is 4.54. The molecule has 2 aromatic heterocycles. The molecular weight excluding hydrogens is 272 g/mol. The van der Waals surface area contributed by atoms with Crippen LogP contribution in [-0.4, -0.2) is 14.5 Å². The van der Waals surface area contributed by atoms with Crippen LogP contribution in [0.1, 0.15) is 13.3 Å². The van der Waals surface area contributed by atoms with E-state index in [2.05, 4.69) is 16.9 Å². The van der Waals surface area contributed by atoms with E-state index >= 15 is 0 Å². The minimum absolute atomic E-state index is 0.668. The van der Waals surface area contributed by atoms with Crippen LogP contribution in [0.4, 0.5) is 5.82 Å². The minimum atomic E-state index is 0.668. The molecule has 0 unspecified atom stereocenters. The second-order valence-electron chi connectivity index (χ2n) is 4.67. The zero-order valence-electron chi connectivity index (χ0n) is 11.2. The molecule has 0 bridgehead atoms. The number of fused-ring (bicyclic) bond motifs is 1. The van der Waals surface area contributed by atoms with Crippen LogP contribution in [0, 0.1) is 0 Å². The van der Waals surface area contributed by atoms with Crippen molar-refractivity contribution in [3.05, 3.63) is 41.8 Å². The van der Waals surface area contributed by atoms with E-state index in [1.165, 1.54) is 0 Å². The van der Waals surface area contributed by atoms with Crippen LogP contribution >= 0.6 is 11.6 Å². The van der Waals surface area contributed by atoms with E-state index in [4.69, 9.17) is 17.3 Å². The molecule has 20 heavy (non-hydrogen) atoms. The molecule has 3 aromatic rings. The predicted molar refractivity (Wildman–Crippen MR) is 82.7 cm³/mol. The average molecular weight is 287 g/mol. The standard InChI is InChI=1S/C15H15ClN4/c1-2-8-20-9-19-14(15(20)17)11-5-6-12(16)10-4-3-7-18-13(10)11/h3-7,9H,2,8,17H2,1H3. The molecule has 0 atom stereocenters.